The van der Waals surface area contributed by atoms with Crippen LogP contribution in [0.15, 0.2) is 23.3 Å². The van der Waals surface area contributed by atoms with Crippen LogP contribution < -0.4 is 0 Å². The van der Waals surface area contributed by atoms with Gasteiger partial charge in [-0.25, -0.2) is 9.59 Å². The Balaban J connectivity index is 1.11. The molecule has 22 heteroatoms. The lowest BCUT2D eigenvalue weighted by Crippen LogP contribution is -2.72. The van der Waals surface area contributed by atoms with E-state index in [-0.39, 0.29) is 23.7 Å². The van der Waals surface area contributed by atoms with Gasteiger partial charge < -0.3 is 94.1 Å². The van der Waals surface area contributed by atoms with Crippen molar-refractivity contribution >= 4 is 17.9 Å². The van der Waals surface area contributed by atoms with Crippen molar-refractivity contribution < 1.29 is 108 Å². The van der Waals surface area contributed by atoms with Crippen LogP contribution in [0.4, 0.5) is 0 Å². The highest BCUT2D eigenvalue weighted by Gasteiger charge is 2.74. The van der Waals surface area contributed by atoms with Crippen LogP contribution in [0.1, 0.15) is 114 Å². The molecule has 22 nitrogen and oxygen atoms in total. The molecule has 25 atom stereocenters. The number of rotatable bonds is 12. The quantitative estimate of drug-likeness (QED) is 0.0543. The summed E-state index contributed by atoms with van der Waals surface area (Å²) in [6, 6.07) is 0. The molecule has 5 aliphatic carbocycles. The van der Waals surface area contributed by atoms with Crippen molar-refractivity contribution in [2.75, 3.05) is 19.8 Å². The van der Waals surface area contributed by atoms with E-state index in [0.29, 0.717) is 44.1 Å². The summed E-state index contributed by atoms with van der Waals surface area (Å²) < 4.78 is 48.7. The number of aliphatic hydroxyl groups excluding tert-OH is 10. The number of carboxylic acid groups (broad SMARTS) is 1. The Morgan fingerprint density at radius 1 is 0.724 bits per heavy atom. The molecule has 0 aromatic heterocycles. The predicted molar refractivity (Wildman–Crippen MR) is 262 cm³/mol. The number of hydrogen-bond donors (Lipinski definition) is 11. The van der Waals surface area contributed by atoms with Gasteiger partial charge >= 0.3 is 17.9 Å². The van der Waals surface area contributed by atoms with Crippen LogP contribution in [0, 0.1) is 50.2 Å². The highest BCUT2D eigenvalue weighted by Crippen LogP contribution is 2.76. The van der Waals surface area contributed by atoms with Crippen LogP contribution in [0.25, 0.3) is 0 Å². The van der Waals surface area contributed by atoms with E-state index in [9.17, 15) is 70.6 Å². The molecule has 3 saturated heterocycles. The minimum absolute atomic E-state index is 0.0354. The van der Waals surface area contributed by atoms with E-state index in [2.05, 4.69) is 40.7 Å². The third-order valence-corrected chi connectivity index (χ3v) is 20.5. The molecular weight excluding hydrogens is 1000 g/mol. The first-order valence-corrected chi connectivity index (χ1v) is 26.9. The van der Waals surface area contributed by atoms with Gasteiger partial charge in [-0.1, -0.05) is 66.2 Å². The van der Waals surface area contributed by atoms with Crippen molar-refractivity contribution in [3.05, 3.63) is 23.3 Å². The van der Waals surface area contributed by atoms with Gasteiger partial charge in [-0.05, 0) is 98.2 Å². The van der Waals surface area contributed by atoms with Crippen molar-refractivity contribution in [1.29, 1.82) is 0 Å². The van der Waals surface area contributed by atoms with Gasteiger partial charge in [-0.2, -0.15) is 0 Å². The van der Waals surface area contributed by atoms with Crippen molar-refractivity contribution in [2.24, 2.45) is 50.2 Å². The number of carbonyl (C=O) groups is 3. The minimum atomic E-state index is -2.10. The molecule has 76 heavy (non-hydrogen) atoms. The fourth-order valence-corrected chi connectivity index (χ4v) is 15.9. The molecule has 0 radical (unpaired) electrons. The molecule has 0 aromatic carbocycles. The third kappa shape index (κ3) is 9.42. The number of carbonyl (C=O) groups excluding carboxylic acids is 2. The fourth-order valence-electron chi connectivity index (χ4n) is 15.9. The van der Waals surface area contributed by atoms with Gasteiger partial charge in [0.2, 0.25) is 0 Å². The summed E-state index contributed by atoms with van der Waals surface area (Å²) in [5.41, 5.74) is -2.88. The fraction of sp³-hybridized carbons (Fsp3) is 0.870. The van der Waals surface area contributed by atoms with E-state index in [4.69, 9.17) is 37.9 Å². The molecule has 0 amide bonds. The molecule has 8 aliphatic rings. The largest absolute Gasteiger partial charge is 0.479 e. The standard InChI is InChI=1S/C54H84O22/c1-11-23(2)45(68)76-42-43(70-24(3)57)54(22-56)26(18-49(42,4)5)25-12-13-30-51(8)16-15-32(50(6,7)29(51)14-17-52(30,9)53(25,10)19-31(54)59)72-48-41(75-47-37(64)35(62)34(61)28(20-55)71-47)39(38(65)40(74-48)44(66)67)73-46-36(63)33(60)27(58)21-69-46/h11-12,26-43,46-48,55-56,58-65H,13-22H2,1-10H3,(H,66,67). The second-order valence-electron chi connectivity index (χ2n) is 25.2. The predicted octanol–water partition coefficient (Wildman–Crippen LogP) is 0.346. The van der Waals surface area contributed by atoms with Gasteiger partial charge in [-0.3, -0.25) is 4.79 Å². The zero-order chi connectivity index (χ0) is 56.2. The maximum absolute atomic E-state index is 13.4. The van der Waals surface area contributed by atoms with E-state index >= 15 is 0 Å². The summed E-state index contributed by atoms with van der Waals surface area (Å²) in [6.45, 7) is 17.6. The lowest BCUT2D eigenvalue weighted by atomic mass is 9.33. The van der Waals surface area contributed by atoms with Crippen molar-refractivity contribution in [3.8, 4) is 0 Å². The van der Waals surface area contributed by atoms with Crippen LogP contribution in [-0.4, -0.2) is 204 Å². The minimum Gasteiger partial charge on any atom is -0.479 e. The maximum atomic E-state index is 13.4. The van der Waals surface area contributed by atoms with Crippen LogP contribution in [0.3, 0.4) is 0 Å². The number of hydrogen-bond acceptors (Lipinski definition) is 21. The maximum Gasteiger partial charge on any atom is 0.335 e. The monoisotopic (exact) mass is 1080 g/mol. The zero-order valence-corrected chi connectivity index (χ0v) is 45.3. The first-order chi connectivity index (χ1) is 35.4. The summed E-state index contributed by atoms with van der Waals surface area (Å²) in [5, 5.41) is 121. The molecule has 0 bridgehead atoms. The van der Waals surface area contributed by atoms with E-state index < -0.39 is 181 Å². The SMILES string of the molecule is CC=C(C)C(=O)OC1C(OC(C)=O)C2(CO)C(O)CC3(C)C(=CCC4C5(C)CCC(OC6OC(C(=O)O)C(O)C(OC7OCC(O)C(O)C7O)C6OC6OC(CO)C(O)C(O)C6O)C(C)(C)C5CCC43C)C2CC1(C)C. The van der Waals surface area contributed by atoms with E-state index in [1.165, 1.54) is 6.92 Å². The lowest BCUT2D eigenvalue weighted by Gasteiger charge is -2.72. The smallest absolute Gasteiger partial charge is 0.335 e. The Hall–Kier alpha value is -2.75. The van der Waals surface area contributed by atoms with E-state index in [1.807, 2.05) is 13.8 Å². The molecular formula is C54H84O22. The second kappa shape index (κ2) is 21.3. The topological polar surface area (TPSA) is 348 Å². The van der Waals surface area contributed by atoms with Crippen LogP contribution in [0.5, 0.6) is 0 Å². The average molecular weight is 1090 g/mol. The van der Waals surface area contributed by atoms with Crippen molar-refractivity contribution in [1.82, 2.24) is 0 Å². The summed E-state index contributed by atoms with van der Waals surface area (Å²) in [7, 11) is 0. The van der Waals surface area contributed by atoms with Crippen LogP contribution in [-0.2, 0) is 52.3 Å². The average Bonchev–Trinajstić information content (AvgIpc) is 3.34. The summed E-state index contributed by atoms with van der Waals surface area (Å²) >= 11 is 0. The van der Waals surface area contributed by atoms with Gasteiger partial charge in [0.15, 0.2) is 25.0 Å². The van der Waals surface area contributed by atoms with Gasteiger partial charge in [0.25, 0.3) is 0 Å². The van der Waals surface area contributed by atoms with Gasteiger partial charge in [0.05, 0.1) is 37.4 Å². The second-order valence-corrected chi connectivity index (χ2v) is 25.2. The Labute approximate surface area is 443 Å². The number of carboxylic acids is 1. The highest BCUT2D eigenvalue weighted by molar-refractivity contribution is 5.87. The Morgan fingerprint density at radius 3 is 2.00 bits per heavy atom. The highest BCUT2D eigenvalue weighted by atomic mass is 16.8. The molecule has 432 valence electrons. The molecule has 0 aromatic rings. The van der Waals surface area contributed by atoms with Crippen LogP contribution in [0.2, 0.25) is 0 Å². The number of allylic oxidation sites excluding steroid dienone is 3. The number of esters is 2. The molecule has 11 N–H and O–H groups in total. The number of aliphatic carboxylic acids is 1. The van der Waals surface area contributed by atoms with Gasteiger partial charge in [0, 0.05) is 17.9 Å². The number of ether oxygens (including phenoxy) is 8. The van der Waals surface area contributed by atoms with E-state index in [1.54, 1.807) is 19.9 Å². The zero-order valence-electron chi connectivity index (χ0n) is 45.3. The Morgan fingerprint density at radius 2 is 1.38 bits per heavy atom. The summed E-state index contributed by atoms with van der Waals surface area (Å²) in [4.78, 5) is 39.2. The molecule has 3 aliphatic heterocycles. The first-order valence-electron chi connectivity index (χ1n) is 26.9. The van der Waals surface area contributed by atoms with Gasteiger partial charge in [-0.15, -0.1) is 0 Å². The molecule has 8 rings (SSSR count). The third-order valence-electron chi connectivity index (χ3n) is 20.5. The van der Waals surface area contributed by atoms with E-state index in [0.717, 1.165) is 5.57 Å². The Bertz CT molecular complexity index is 2220. The normalized spacial score (nSPS) is 49.9. The number of aliphatic hydroxyl groups is 10. The van der Waals surface area contributed by atoms with Crippen molar-refractivity contribution in [2.45, 2.75) is 225 Å². The molecule has 7 fully saturated rings. The molecule has 3 heterocycles. The summed E-state index contributed by atoms with van der Waals surface area (Å²) in [6.07, 6.45) is -22.0. The van der Waals surface area contributed by atoms with Crippen LogP contribution >= 0.6 is 0 Å². The van der Waals surface area contributed by atoms with Crippen molar-refractivity contribution in [3.63, 3.8) is 0 Å². The molecule has 0 spiro atoms. The Kier molecular flexibility index (Phi) is 16.6. The molecule has 4 saturated carbocycles. The summed E-state index contributed by atoms with van der Waals surface area (Å²) in [5.74, 6) is -3.33. The lowest BCUT2D eigenvalue weighted by molar-refractivity contribution is -0.392. The van der Waals surface area contributed by atoms with Gasteiger partial charge in [0.1, 0.15) is 73.2 Å². The number of fused-ring (bicyclic) bond motifs is 7. The first kappa shape index (κ1) is 59.4. The molecule has 25 unspecified atom stereocenters.